The summed E-state index contributed by atoms with van der Waals surface area (Å²) in [6.07, 6.45) is 3.50. The van der Waals surface area contributed by atoms with Crippen LogP contribution in [0.2, 0.25) is 0 Å². The number of guanidine groups is 1. The zero-order valence-corrected chi connectivity index (χ0v) is 19.0. The second-order valence-electron chi connectivity index (χ2n) is 6.35. The molecule has 1 heterocycles. The van der Waals surface area contributed by atoms with Gasteiger partial charge >= 0.3 is 0 Å². The molecule has 0 aliphatic heterocycles. The molecule has 1 aromatic heterocycles. The van der Waals surface area contributed by atoms with Gasteiger partial charge in [0.25, 0.3) is 0 Å². The fraction of sp³-hybridized carbons (Fsp3) is 0.778. The molecule has 7 heteroatoms. The van der Waals surface area contributed by atoms with Crippen molar-refractivity contribution in [3.63, 3.8) is 0 Å². The van der Waals surface area contributed by atoms with Crippen LogP contribution in [0.3, 0.4) is 0 Å². The number of halogens is 1. The van der Waals surface area contributed by atoms with Crippen molar-refractivity contribution in [2.24, 2.45) is 4.99 Å². The third kappa shape index (κ3) is 10.7. The Labute approximate surface area is 170 Å². The molecule has 0 aliphatic carbocycles. The lowest BCUT2D eigenvalue weighted by Gasteiger charge is -2.17. The first-order valence-electron chi connectivity index (χ1n) is 9.28. The maximum absolute atomic E-state index is 4.66. The molecule has 25 heavy (non-hydrogen) atoms. The van der Waals surface area contributed by atoms with Crippen molar-refractivity contribution in [2.75, 3.05) is 39.8 Å². The molecule has 1 aromatic rings. The van der Waals surface area contributed by atoms with Crippen LogP contribution >= 0.6 is 24.0 Å². The summed E-state index contributed by atoms with van der Waals surface area (Å²) >= 11 is 0. The van der Waals surface area contributed by atoms with Crippen LogP contribution in [0.4, 0.5) is 0 Å². The molecule has 0 fully saturated rings. The van der Waals surface area contributed by atoms with E-state index >= 15 is 0 Å². The topological polar surface area (TPSA) is 57.5 Å². The summed E-state index contributed by atoms with van der Waals surface area (Å²) in [5.41, 5.74) is 2.30. The van der Waals surface area contributed by atoms with Crippen molar-refractivity contribution >= 4 is 29.9 Å². The molecule has 0 aromatic carbocycles. The highest BCUT2D eigenvalue weighted by atomic mass is 127. The molecule has 146 valence electrons. The molecule has 0 aliphatic rings. The predicted octanol–water partition coefficient (Wildman–Crippen LogP) is 2.80. The van der Waals surface area contributed by atoms with Crippen molar-refractivity contribution in [1.29, 1.82) is 0 Å². The summed E-state index contributed by atoms with van der Waals surface area (Å²) in [7, 11) is 2.18. The van der Waals surface area contributed by atoms with Gasteiger partial charge in [0, 0.05) is 38.4 Å². The average Bonchev–Trinajstić information content (AvgIpc) is 2.87. The van der Waals surface area contributed by atoms with Crippen molar-refractivity contribution < 1.29 is 0 Å². The second kappa shape index (κ2) is 14.4. The molecular weight excluding hydrogens is 427 g/mol. The SMILES string of the molecule is CCCCN(C)CCNC(=NCCCn1nc(C)cc1C)NCC.I. The van der Waals surface area contributed by atoms with Crippen LogP contribution < -0.4 is 10.6 Å². The number of aryl methyl sites for hydroxylation is 3. The first kappa shape index (κ1) is 24.2. The van der Waals surface area contributed by atoms with E-state index in [9.17, 15) is 0 Å². The fourth-order valence-electron chi connectivity index (χ4n) is 2.56. The number of hydrogen-bond donors (Lipinski definition) is 2. The lowest BCUT2D eigenvalue weighted by Crippen LogP contribution is -2.41. The van der Waals surface area contributed by atoms with Gasteiger partial charge in [0.15, 0.2) is 5.96 Å². The van der Waals surface area contributed by atoms with Gasteiger partial charge in [0.1, 0.15) is 0 Å². The number of likely N-dealkylation sites (N-methyl/N-ethyl adjacent to an activating group) is 1. The summed E-state index contributed by atoms with van der Waals surface area (Å²) in [5.74, 6) is 0.912. The van der Waals surface area contributed by atoms with Crippen LogP contribution in [0.25, 0.3) is 0 Å². The summed E-state index contributed by atoms with van der Waals surface area (Å²) < 4.78 is 2.06. The van der Waals surface area contributed by atoms with Gasteiger partial charge in [-0.05, 0) is 53.3 Å². The zero-order valence-electron chi connectivity index (χ0n) is 16.6. The number of hydrogen-bond acceptors (Lipinski definition) is 3. The molecular formula is C18H37IN6. The smallest absolute Gasteiger partial charge is 0.191 e. The van der Waals surface area contributed by atoms with E-state index in [2.05, 4.69) is 64.2 Å². The maximum Gasteiger partial charge on any atom is 0.191 e. The van der Waals surface area contributed by atoms with Gasteiger partial charge < -0.3 is 15.5 Å². The van der Waals surface area contributed by atoms with E-state index in [4.69, 9.17) is 0 Å². The van der Waals surface area contributed by atoms with Crippen LogP contribution in [0, 0.1) is 13.8 Å². The molecule has 0 amide bonds. The Morgan fingerprint density at radius 1 is 1.20 bits per heavy atom. The van der Waals surface area contributed by atoms with E-state index in [-0.39, 0.29) is 24.0 Å². The Bertz CT molecular complexity index is 486. The van der Waals surface area contributed by atoms with Gasteiger partial charge in [-0.3, -0.25) is 9.67 Å². The van der Waals surface area contributed by atoms with Crippen molar-refractivity contribution in [1.82, 2.24) is 25.3 Å². The first-order chi connectivity index (χ1) is 11.6. The standard InChI is InChI=1S/C18H36N6.HI/c1-6-8-12-23(5)14-11-21-18(19-7-2)20-10-9-13-24-17(4)15-16(3)22-24;/h15H,6-14H2,1-5H3,(H2,19,20,21);1H. The molecule has 0 bridgehead atoms. The van der Waals surface area contributed by atoms with E-state index in [1.807, 2.05) is 6.92 Å². The molecule has 2 N–H and O–H groups in total. The summed E-state index contributed by atoms with van der Waals surface area (Å²) in [6, 6.07) is 2.12. The highest BCUT2D eigenvalue weighted by molar-refractivity contribution is 14.0. The number of rotatable bonds is 11. The van der Waals surface area contributed by atoms with Gasteiger partial charge in [0.05, 0.1) is 5.69 Å². The molecule has 0 spiro atoms. The Morgan fingerprint density at radius 3 is 2.56 bits per heavy atom. The lowest BCUT2D eigenvalue weighted by atomic mass is 10.3. The number of aliphatic imine (C=N–C) groups is 1. The van der Waals surface area contributed by atoms with Gasteiger partial charge in [-0.15, -0.1) is 24.0 Å². The van der Waals surface area contributed by atoms with E-state index in [1.165, 1.54) is 18.5 Å². The normalized spacial score (nSPS) is 11.5. The largest absolute Gasteiger partial charge is 0.357 e. The highest BCUT2D eigenvalue weighted by Gasteiger charge is 2.02. The molecule has 0 radical (unpaired) electrons. The summed E-state index contributed by atoms with van der Waals surface area (Å²) in [6.45, 7) is 14.2. The van der Waals surface area contributed by atoms with Crippen LogP contribution in [0.5, 0.6) is 0 Å². The minimum atomic E-state index is 0. The maximum atomic E-state index is 4.66. The Morgan fingerprint density at radius 2 is 1.96 bits per heavy atom. The van der Waals surface area contributed by atoms with Crippen LogP contribution in [0.15, 0.2) is 11.1 Å². The number of unbranched alkanes of at least 4 members (excludes halogenated alkanes) is 1. The van der Waals surface area contributed by atoms with Crippen LogP contribution in [0.1, 0.15) is 44.5 Å². The van der Waals surface area contributed by atoms with Crippen molar-refractivity contribution in [2.45, 2.75) is 53.5 Å². The molecule has 0 saturated heterocycles. The van der Waals surface area contributed by atoms with E-state index in [0.717, 1.165) is 57.3 Å². The van der Waals surface area contributed by atoms with Crippen LogP contribution in [-0.4, -0.2) is 60.4 Å². The molecule has 0 saturated carbocycles. The van der Waals surface area contributed by atoms with Gasteiger partial charge in [-0.1, -0.05) is 13.3 Å². The van der Waals surface area contributed by atoms with Crippen LogP contribution in [-0.2, 0) is 6.54 Å². The molecule has 6 nitrogen and oxygen atoms in total. The molecule has 0 atom stereocenters. The number of aromatic nitrogens is 2. The summed E-state index contributed by atoms with van der Waals surface area (Å²) in [4.78, 5) is 7.02. The van der Waals surface area contributed by atoms with Crippen molar-refractivity contribution in [3.8, 4) is 0 Å². The predicted molar refractivity (Wildman–Crippen MR) is 118 cm³/mol. The van der Waals surface area contributed by atoms with Gasteiger partial charge in [-0.2, -0.15) is 5.10 Å². The minimum absolute atomic E-state index is 0. The Balaban J connectivity index is 0.00000576. The molecule has 1 rings (SSSR count). The Kier molecular flexibility index (Phi) is 13.9. The quantitative estimate of drug-likeness (QED) is 0.229. The fourth-order valence-corrected chi connectivity index (χ4v) is 2.56. The number of nitrogens with one attached hydrogen (secondary N) is 2. The zero-order chi connectivity index (χ0) is 17.8. The van der Waals surface area contributed by atoms with E-state index in [0.29, 0.717) is 0 Å². The van der Waals surface area contributed by atoms with E-state index in [1.54, 1.807) is 0 Å². The number of nitrogens with zero attached hydrogens (tertiary/aromatic N) is 4. The highest BCUT2D eigenvalue weighted by Crippen LogP contribution is 2.02. The third-order valence-electron chi connectivity index (χ3n) is 3.92. The Hall–Kier alpha value is -0.830. The summed E-state index contributed by atoms with van der Waals surface area (Å²) in [5, 5.41) is 11.2. The van der Waals surface area contributed by atoms with E-state index < -0.39 is 0 Å². The first-order valence-corrected chi connectivity index (χ1v) is 9.28. The molecule has 0 unspecified atom stereocenters. The monoisotopic (exact) mass is 464 g/mol. The van der Waals surface area contributed by atoms with Crippen molar-refractivity contribution in [3.05, 3.63) is 17.5 Å². The third-order valence-corrected chi connectivity index (χ3v) is 3.92. The average molecular weight is 464 g/mol. The minimum Gasteiger partial charge on any atom is -0.357 e. The second-order valence-corrected chi connectivity index (χ2v) is 6.35. The lowest BCUT2D eigenvalue weighted by molar-refractivity contribution is 0.332. The van der Waals surface area contributed by atoms with Gasteiger partial charge in [0.2, 0.25) is 0 Å². The van der Waals surface area contributed by atoms with Gasteiger partial charge in [-0.25, -0.2) is 0 Å².